The molecular weight excluding hydrogens is 192 g/mol. The highest BCUT2D eigenvalue weighted by Gasteiger charge is 2.19. The third-order valence-corrected chi connectivity index (χ3v) is 1.79. The number of hydrogen-bond acceptors (Lipinski definition) is 3. The van der Waals surface area contributed by atoms with E-state index in [1.807, 2.05) is 34.6 Å². The maximum absolute atomic E-state index is 9.69. The first kappa shape index (κ1) is 14.4. The average Bonchev–Trinajstić information content (AvgIpc) is 2.12. The van der Waals surface area contributed by atoms with Crippen molar-refractivity contribution in [3.63, 3.8) is 0 Å². The summed E-state index contributed by atoms with van der Waals surface area (Å²) in [5.74, 6) is 5.53. The topological polar surface area (TPSA) is 38.7 Å². The van der Waals surface area contributed by atoms with Crippen LogP contribution in [0.4, 0.5) is 0 Å². The number of ether oxygens (including phenoxy) is 2. The zero-order chi connectivity index (χ0) is 11.9. The zero-order valence-corrected chi connectivity index (χ0v) is 10.3. The highest BCUT2D eigenvalue weighted by atomic mass is 16.7. The van der Waals surface area contributed by atoms with E-state index in [1.54, 1.807) is 0 Å². The monoisotopic (exact) mass is 214 g/mol. The Bertz CT molecular complexity index is 213. The predicted octanol–water partition coefficient (Wildman–Crippen LogP) is 1.80. The van der Waals surface area contributed by atoms with Gasteiger partial charge >= 0.3 is 0 Å². The summed E-state index contributed by atoms with van der Waals surface area (Å²) < 4.78 is 10.5. The van der Waals surface area contributed by atoms with Crippen LogP contribution < -0.4 is 0 Å². The molecule has 0 aromatic heterocycles. The quantitative estimate of drug-likeness (QED) is 0.573. The van der Waals surface area contributed by atoms with E-state index in [1.165, 1.54) is 0 Å². The minimum Gasteiger partial charge on any atom is -0.380 e. The van der Waals surface area contributed by atoms with Gasteiger partial charge in [0.15, 0.2) is 0 Å². The molecule has 0 aromatic carbocycles. The summed E-state index contributed by atoms with van der Waals surface area (Å²) in [6.45, 7) is 10.7. The summed E-state index contributed by atoms with van der Waals surface area (Å²) in [6.07, 6.45) is -1.20. The number of hydrogen-bond donors (Lipinski definition) is 1. The maximum atomic E-state index is 9.69. The van der Waals surface area contributed by atoms with Gasteiger partial charge in [0.05, 0.1) is 0 Å². The second kappa shape index (κ2) is 6.84. The first-order chi connectivity index (χ1) is 6.91. The van der Waals surface area contributed by atoms with Crippen molar-refractivity contribution >= 4 is 0 Å². The standard InChI is InChI=1S/C12H22O3/c1-6-14-11(15-7-2)9-8-10(13)12(3,4)5/h10-11,13H,6-7H2,1-5H3/t10-/m0/s1. The van der Waals surface area contributed by atoms with Gasteiger partial charge in [0.2, 0.25) is 6.29 Å². The van der Waals surface area contributed by atoms with Crippen molar-refractivity contribution in [1.29, 1.82) is 0 Å². The molecule has 0 aromatic rings. The largest absolute Gasteiger partial charge is 0.380 e. The minimum atomic E-state index is -0.666. The van der Waals surface area contributed by atoms with E-state index in [9.17, 15) is 5.11 Å². The van der Waals surface area contributed by atoms with E-state index in [0.717, 1.165) is 0 Å². The molecule has 0 spiro atoms. The summed E-state index contributed by atoms with van der Waals surface area (Å²) in [5.41, 5.74) is -0.240. The smallest absolute Gasteiger partial charge is 0.222 e. The van der Waals surface area contributed by atoms with Crippen molar-refractivity contribution in [1.82, 2.24) is 0 Å². The Kier molecular flexibility index (Phi) is 6.58. The lowest BCUT2D eigenvalue weighted by Gasteiger charge is -2.21. The molecule has 1 atom stereocenters. The van der Waals surface area contributed by atoms with Gasteiger partial charge in [-0.2, -0.15) is 0 Å². The summed E-state index contributed by atoms with van der Waals surface area (Å²) in [5, 5.41) is 9.69. The fraction of sp³-hybridized carbons (Fsp3) is 0.833. The van der Waals surface area contributed by atoms with E-state index < -0.39 is 12.4 Å². The van der Waals surface area contributed by atoms with Gasteiger partial charge in [-0.1, -0.05) is 26.7 Å². The van der Waals surface area contributed by atoms with Gasteiger partial charge in [0.25, 0.3) is 0 Å². The van der Waals surface area contributed by atoms with E-state index in [-0.39, 0.29) is 5.41 Å². The molecule has 0 saturated carbocycles. The molecule has 0 aliphatic carbocycles. The molecule has 0 saturated heterocycles. The molecular formula is C12H22O3. The Labute approximate surface area is 92.8 Å². The summed E-state index contributed by atoms with van der Waals surface area (Å²) in [6, 6.07) is 0. The van der Waals surface area contributed by atoms with Crippen LogP contribution in [-0.2, 0) is 9.47 Å². The van der Waals surface area contributed by atoms with Crippen LogP contribution in [0.15, 0.2) is 0 Å². The highest BCUT2D eigenvalue weighted by Crippen LogP contribution is 2.18. The molecule has 1 N–H and O–H groups in total. The van der Waals surface area contributed by atoms with Gasteiger partial charge in [-0.05, 0) is 25.2 Å². The van der Waals surface area contributed by atoms with Crippen LogP contribution in [0.1, 0.15) is 34.6 Å². The van der Waals surface area contributed by atoms with Crippen molar-refractivity contribution in [2.45, 2.75) is 47.0 Å². The highest BCUT2D eigenvalue weighted by molar-refractivity contribution is 5.10. The Balaban J connectivity index is 4.31. The van der Waals surface area contributed by atoms with Gasteiger partial charge in [-0.25, -0.2) is 0 Å². The second-order valence-electron chi connectivity index (χ2n) is 4.30. The van der Waals surface area contributed by atoms with Crippen molar-refractivity contribution < 1.29 is 14.6 Å². The van der Waals surface area contributed by atoms with Gasteiger partial charge in [-0.15, -0.1) is 0 Å². The van der Waals surface area contributed by atoms with Gasteiger partial charge in [0, 0.05) is 13.2 Å². The molecule has 0 aliphatic rings. The lowest BCUT2D eigenvalue weighted by atomic mass is 9.90. The van der Waals surface area contributed by atoms with Crippen LogP contribution in [0.25, 0.3) is 0 Å². The minimum absolute atomic E-state index is 0.240. The number of aliphatic hydroxyl groups is 1. The van der Waals surface area contributed by atoms with Gasteiger partial charge in [-0.3, -0.25) is 0 Å². The molecule has 0 radical (unpaired) electrons. The maximum Gasteiger partial charge on any atom is 0.222 e. The molecule has 0 aliphatic heterocycles. The van der Waals surface area contributed by atoms with E-state index in [2.05, 4.69) is 11.8 Å². The molecule has 3 heteroatoms. The number of aliphatic hydroxyl groups excluding tert-OH is 1. The third-order valence-electron chi connectivity index (χ3n) is 1.79. The zero-order valence-electron chi connectivity index (χ0n) is 10.3. The fourth-order valence-corrected chi connectivity index (χ4v) is 0.798. The van der Waals surface area contributed by atoms with E-state index >= 15 is 0 Å². The molecule has 0 amide bonds. The molecule has 3 nitrogen and oxygen atoms in total. The molecule has 0 heterocycles. The van der Waals surface area contributed by atoms with Gasteiger partial charge in [0.1, 0.15) is 6.10 Å². The van der Waals surface area contributed by atoms with E-state index in [0.29, 0.717) is 13.2 Å². The van der Waals surface area contributed by atoms with Crippen LogP contribution in [0.2, 0.25) is 0 Å². The Hall–Kier alpha value is -0.560. The first-order valence-corrected chi connectivity index (χ1v) is 5.34. The predicted molar refractivity (Wildman–Crippen MR) is 60.3 cm³/mol. The summed E-state index contributed by atoms with van der Waals surface area (Å²) in [4.78, 5) is 0. The second-order valence-corrected chi connectivity index (χ2v) is 4.30. The Morgan fingerprint density at radius 3 is 1.87 bits per heavy atom. The summed E-state index contributed by atoms with van der Waals surface area (Å²) >= 11 is 0. The molecule has 0 bridgehead atoms. The van der Waals surface area contributed by atoms with Crippen molar-refractivity contribution in [3.05, 3.63) is 0 Å². The SMILES string of the molecule is CCOC(C#C[C@H](O)C(C)(C)C)OCC. The number of rotatable bonds is 4. The lowest BCUT2D eigenvalue weighted by molar-refractivity contribution is -0.0972. The normalized spacial score (nSPS) is 13.5. The van der Waals surface area contributed by atoms with Crippen LogP contribution in [0.5, 0.6) is 0 Å². The van der Waals surface area contributed by atoms with Crippen LogP contribution in [-0.4, -0.2) is 30.7 Å². The third kappa shape index (κ3) is 6.51. The van der Waals surface area contributed by atoms with Gasteiger partial charge < -0.3 is 14.6 Å². The van der Waals surface area contributed by atoms with E-state index in [4.69, 9.17) is 9.47 Å². The Morgan fingerprint density at radius 1 is 1.07 bits per heavy atom. The fourth-order valence-electron chi connectivity index (χ4n) is 0.798. The van der Waals surface area contributed by atoms with Crippen molar-refractivity contribution in [2.75, 3.05) is 13.2 Å². The van der Waals surface area contributed by atoms with Crippen LogP contribution in [0.3, 0.4) is 0 Å². The Morgan fingerprint density at radius 2 is 1.53 bits per heavy atom. The molecule has 0 unspecified atom stereocenters. The van der Waals surface area contributed by atoms with Crippen molar-refractivity contribution in [3.8, 4) is 11.8 Å². The molecule has 0 fully saturated rings. The average molecular weight is 214 g/mol. The first-order valence-electron chi connectivity index (χ1n) is 5.34. The molecule has 15 heavy (non-hydrogen) atoms. The lowest BCUT2D eigenvalue weighted by Crippen LogP contribution is -2.25. The van der Waals surface area contributed by atoms with Crippen molar-refractivity contribution in [2.24, 2.45) is 5.41 Å². The molecule has 0 rings (SSSR count). The van der Waals surface area contributed by atoms with Crippen LogP contribution >= 0.6 is 0 Å². The molecule has 88 valence electrons. The summed E-state index contributed by atoms with van der Waals surface area (Å²) in [7, 11) is 0. The van der Waals surface area contributed by atoms with Crippen LogP contribution in [0, 0.1) is 17.3 Å².